The Balaban J connectivity index is 1.66. The number of alkyl halides is 3. The normalized spacial score (nSPS) is 15.3. The van der Waals surface area contributed by atoms with Gasteiger partial charge in [-0.05, 0) is 18.6 Å². The summed E-state index contributed by atoms with van der Waals surface area (Å²) in [5.41, 5.74) is 0.832. The standard InChI is InChI=1S/C18H16ClF3N6O/c1-10(11-4-2-3-5-12(11)18(20,21)22)28-14-6-7-27(9-13(14)24-26-28)15-8-23-25-17(29)16(15)19/h2-5,8,10H,6-7,9H2,1H3,(H,25,29). The monoisotopic (exact) mass is 424 g/mol. The average molecular weight is 425 g/mol. The molecule has 0 fully saturated rings. The van der Waals surface area contributed by atoms with E-state index in [1.165, 1.54) is 23.0 Å². The molecule has 29 heavy (non-hydrogen) atoms. The van der Waals surface area contributed by atoms with Gasteiger partial charge >= 0.3 is 6.18 Å². The minimum atomic E-state index is -4.45. The molecule has 1 aliphatic rings. The molecule has 1 aromatic carbocycles. The largest absolute Gasteiger partial charge is 0.416 e. The van der Waals surface area contributed by atoms with Gasteiger partial charge in [-0.2, -0.15) is 18.3 Å². The summed E-state index contributed by atoms with van der Waals surface area (Å²) in [7, 11) is 0. The molecule has 3 heterocycles. The molecule has 1 atom stereocenters. The van der Waals surface area contributed by atoms with Gasteiger partial charge in [0.25, 0.3) is 5.56 Å². The maximum Gasteiger partial charge on any atom is 0.416 e. The van der Waals surface area contributed by atoms with Gasteiger partial charge in [0.05, 0.1) is 35.7 Å². The van der Waals surface area contributed by atoms with Crippen LogP contribution in [0.5, 0.6) is 0 Å². The van der Waals surface area contributed by atoms with Crippen molar-refractivity contribution in [1.29, 1.82) is 0 Å². The molecule has 0 bridgehead atoms. The van der Waals surface area contributed by atoms with Crippen molar-refractivity contribution in [3.05, 3.63) is 68.4 Å². The molecule has 152 valence electrons. The third kappa shape index (κ3) is 3.48. The first-order valence-corrected chi connectivity index (χ1v) is 9.22. The van der Waals surface area contributed by atoms with Crippen LogP contribution in [0.15, 0.2) is 35.3 Å². The van der Waals surface area contributed by atoms with Crippen LogP contribution in [0.2, 0.25) is 5.02 Å². The van der Waals surface area contributed by atoms with Crippen LogP contribution < -0.4 is 10.5 Å². The summed E-state index contributed by atoms with van der Waals surface area (Å²) < 4.78 is 41.7. The number of benzene rings is 1. The lowest BCUT2D eigenvalue weighted by Gasteiger charge is -2.29. The van der Waals surface area contributed by atoms with Gasteiger partial charge in [0.1, 0.15) is 10.7 Å². The fourth-order valence-corrected chi connectivity index (χ4v) is 3.80. The molecule has 7 nitrogen and oxygen atoms in total. The van der Waals surface area contributed by atoms with Crippen LogP contribution in [-0.4, -0.2) is 31.7 Å². The SMILES string of the molecule is CC(c1ccccc1C(F)(F)F)n1nnc2c1CCN(c1cn[nH]c(=O)c1Cl)C2. The molecule has 0 aliphatic carbocycles. The third-order valence-electron chi connectivity index (χ3n) is 5.03. The minimum absolute atomic E-state index is 0.0308. The Labute approximate surface area is 168 Å². The minimum Gasteiger partial charge on any atom is -0.362 e. The smallest absolute Gasteiger partial charge is 0.362 e. The Morgan fingerprint density at radius 3 is 2.79 bits per heavy atom. The van der Waals surface area contributed by atoms with Crippen molar-refractivity contribution in [2.24, 2.45) is 0 Å². The van der Waals surface area contributed by atoms with Crippen molar-refractivity contribution in [3.8, 4) is 0 Å². The lowest BCUT2D eigenvalue weighted by atomic mass is 10.0. The zero-order chi connectivity index (χ0) is 20.8. The first-order valence-electron chi connectivity index (χ1n) is 8.84. The molecule has 0 amide bonds. The zero-order valence-corrected chi connectivity index (χ0v) is 16.0. The molecule has 3 aromatic rings. The predicted molar refractivity (Wildman–Crippen MR) is 99.9 cm³/mol. The van der Waals surface area contributed by atoms with Crippen molar-refractivity contribution >= 4 is 17.3 Å². The van der Waals surface area contributed by atoms with Crippen LogP contribution in [0.3, 0.4) is 0 Å². The highest BCUT2D eigenvalue weighted by Crippen LogP contribution is 2.36. The highest BCUT2D eigenvalue weighted by Gasteiger charge is 2.35. The molecule has 1 N–H and O–H groups in total. The van der Waals surface area contributed by atoms with E-state index in [0.717, 1.165) is 11.8 Å². The second-order valence-corrected chi connectivity index (χ2v) is 7.14. The number of halogens is 4. The molecule has 4 rings (SSSR count). The first kappa shape index (κ1) is 19.4. The summed E-state index contributed by atoms with van der Waals surface area (Å²) in [6, 6.07) is 4.83. The number of aromatic nitrogens is 5. The molecule has 11 heteroatoms. The Morgan fingerprint density at radius 1 is 1.28 bits per heavy atom. The number of anilines is 1. The molecule has 0 saturated carbocycles. The molecule has 0 radical (unpaired) electrons. The van der Waals surface area contributed by atoms with Crippen molar-refractivity contribution in [1.82, 2.24) is 25.2 Å². The van der Waals surface area contributed by atoms with Crippen molar-refractivity contribution in [2.45, 2.75) is 32.1 Å². The summed E-state index contributed by atoms with van der Waals surface area (Å²) in [6.07, 6.45) is -2.50. The van der Waals surface area contributed by atoms with Gasteiger partial charge in [0.2, 0.25) is 0 Å². The Bertz CT molecular complexity index is 1110. The maximum atomic E-state index is 13.4. The summed E-state index contributed by atoms with van der Waals surface area (Å²) in [5.74, 6) is 0. The number of aromatic amines is 1. The lowest BCUT2D eigenvalue weighted by Crippen LogP contribution is -2.33. The Morgan fingerprint density at radius 2 is 2.03 bits per heavy atom. The van der Waals surface area contributed by atoms with E-state index in [2.05, 4.69) is 20.5 Å². The van der Waals surface area contributed by atoms with E-state index in [4.69, 9.17) is 11.6 Å². The number of hydrogen-bond donors (Lipinski definition) is 1. The number of H-pyrrole nitrogens is 1. The average Bonchev–Trinajstić information content (AvgIpc) is 3.12. The molecule has 2 aromatic heterocycles. The number of nitrogens with one attached hydrogen (secondary N) is 1. The number of rotatable bonds is 3. The van der Waals surface area contributed by atoms with E-state index in [9.17, 15) is 18.0 Å². The summed E-state index contributed by atoms with van der Waals surface area (Å²) in [6.45, 7) is 2.50. The van der Waals surface area contributed by atoms with E-state index >= 15 is 0 Å². The van der Waals surface area contributed by atoms with E-state index < -0.39 is 23.3 Å². The van der Waals surface area contributed by atoms with E-state index in [1.807, 2.05) is 4.90 Å². The number of fused-ring (bicyclic) bond motifs is 1. The van der Waals surface area contributed by atoms with Crippen molar-refractivity contribution in [2.75, 3.05) is 11.4 Å². The molecule has 0 spiro atoms. The lowest BCUT2D eigenvalue weighted by molar-refractivity contribution is -0.138. The second kappa shape index (κ2) is 7.18. The highest BCUT2D eigenvalue weighted by molar-refractivity contribution is 6.32. The van der Waals surface area contributed by atoms with Crippen LogP contribution in [0.4, 0.5) is 18.9 Å². The first-order chi connectivity index (χ1) is 13.8. The van der Waals surface area contributed by atoms with E-state index in [0.29, 0.717) is 30.9 Å². The maximum absolute atomic E-state index is 13.4. The van der Waals surface area contributed by atoms with Crippen LogP contribution in [0, 0.1) is 0 Å². The molecular weight excluding hydrogens is 409 g/mol. The summed E-state index contributed by atoms with van der Waals surface area (Å²) in [5, 5.41) is 14.4. The van der Waals surface area contributed by atoms with Gasteiger partial charge in [-0.15, -0.1) is 5.10 Å². The molecule has 1 aliphatic heterocycles. The quantitative estimate of drug-likeness (QED) is 0.698. The number of hydrogen-bond acceptors (Lipinski definition) is 5. The van der Waals surface area contributed by atoms with Gasteiger partial charge in [0.15, 0.2) is 0 Å². The van der Waals surface area contributed by atoms with Gasteiger partial charge < -0.3 is 4.90 Å². The highest BCUT2D eigenvalue weighted by atomic mass is 35.5. The summed E-state index contributed by atoms with van der Waals surface area (Å²) >= 11 is 6.08. The Hall–Kier alpha value is -2.88. The van der Waals surface area contributed by atoms with Crippen LogP contribution in [0.1, 0.15) is 35.5 Å². The van der Waals surface area contributed by atoms with Crippen LogP contribution >= 0.6 is 11.6 Å². The second-order valence-electron chi connectivity index (χ2n) is 6.76. The Kier molecular flexibility index (Phi) is 4.81. The van der Waals surface area contributed by atoms with Crippen molar-refractivity contribution < 1.29 is 13.2 Å². The molecule has 0 saturated heterocycles. The third-order valence-corrected chi connectivity index (χ3v) is 5.40. The molecular formula is C18H16ClF3N6O. The van der Waals surface area contributed by atoms with Gasteiger partial charge in [-0.3, -0.25) is 4.79 Å². The predicted octanol–water partition coefficient (Wildman–Crippen LogP) is 3.21. The van der Waals surface area contributed by atoms with Gasteiger partial charge in [-0.1, -0.05) is 35.0 Å². The van der Waals surface area contributed by atoms with Crippen LogP contribution in [0.25, 0.3) is 0 Å². The van der Waals surface area contributed by atoms with E-state index in [-0.39, 0.29) is 10.6 Å². The molecule has 1 unspecified atom stereocenters. The number of nitrogens with zero attached hydrogens (tertiary/aromatic N) is 5. The van der Waals surface area contributed by atoms with E-state index in [1.54, 1.807) is 13.0 Å². The fraction of sp³-hybridized carbons (Fsp3) is 0.333. The van der Waals surface area contributed by atoms with Crippen molar-refractivity contribution in [3.63, 3.8) is 0 Å². The summed E-state index contributed by atoms with van der Waals surface area (Å²) in [4.78, 5) is 13.5. The van der Waals surface area contributed by atoms with Crippen LogP contribution in [-0.2, 0) is 19.1 Å². The zero-order valence-electron chi connectivity index (χ0n) is 15.2. The fourth-order valence-electron chi connectivity index (χ4n) is 3.59. The van der Waals surface area contributed by atoms with Gasteiger partial charge in [0, 0.05) is 13.0 Å². The van der Waals surface area contributed by atoms with Gasteiger partial charge in [-0.25, -0.2) is 9.78 Å². The topological polar surface area (TPSA) is 79.7 Å².